The van der Waals surface area contributed by atoms with Crippen molar-refractivity contribution in [3.63, 3.8) is 0 Å². The van der Waals surface area contributed by atoms with Gasteiger partial charge in [0.25, 0.3) is 0 Å². The van der Waals surface area contributed by atoms with E-state index in [1.807, 2.05) is 0 Å². The molecule has 0 aliphatic heterocycles. The quantitative estimate of drug-likeness (QED) is 0.776. The van der Waals surface area contributed by atoms with Gasteiger partial charge < -0.3 is 9.84 Å². The predicted molar refractivity (Wildman–Crippen MR) is 53.6 cm³/mol. The summed E-state index contributed by atoms with van der Waals surface area (Å²) in [5.41, 5.74) is 1.05. The summed E-state index contributed by atoms with van der Waals surface area (Å²) < 4.78 is 4.72. The number of carbonyl (C=O) groups is 1. The minimum atomic E-state index is -0.174. The molecule has 0 radical (unpaired) electrons. The highest BCUT2D eigenvalue weighted by atomic mass is 35.5. The van der Waals surface area contributed by atoms with Crippen LogP contribution in [0.5, 0.6) is 0 Å². The van der Waals surface area contributed by atoms with E-state index in [1.165, 1.54) is 7.11 Å². The first-order valence-corrected chi connectivity index (χ1v) is 4.48. The number of hydrogen-bond acceptors (Lipinski definition) is 3. The average molecular weight is 215 g/mol. The number of carbonyl (C=O) groups excluding carboxylic acids is 1. The molecule has 1 aromatic carbocycles. The van der Waals surface area contributed by atoms with Gasteiger partial charge in [-0.15, -0.1) is 0 Å². The first-order valence-electron chi connectivity index (χ1n) is 4.10. The second kappa shape index (κ2) is 5.10. The molecule has 1 aromatic rings. The van der Waals surface area contributed by atoms with Crippen LogP contribution in [-0.4, -0.2) is 24.6 Å². The van der Waals surface area contributed by atoms with Crippen molar-refractivity contribution in [2.45, 2.75) is 6.61 Å². The molecular formula is C10H11ClO3. The van der Waals surface area contributed by atoms with Crippen molar-refractivity contribution in [3.8, 4) is 0 Å². The van der Waals surface area contributed by atoms with Crippen molar-refractivity contribution in [1.29, 1.82) is 0 Å². The Balaban J connectivity index is 2.94. The molecule has 1 rings (SSSR count). The molecule has 0 aliphatic rings. The fourth-order valence-corrected chi connectivity index (χ4v) is 1.26. The SMILES string of the molecule is COCC(=O)c1ccc(Cl)c(CO)c1. The van der Waals surface area contributed by atoms with Crippen molar-refractivity contribution >= 4 is 17.4 Å². The molecule has 0 unspecified atom stereocenters. The summed E-state index contributed by atoms with van der Waals surface area (Å²) in [5, 5.41) is 9.39. The molecule has 0 saturated carbocycles. The lowest BCUT2D eigenvalue weighted by atomic mass is 10.1. The molecule has 0 aromatic heterocycles. The topological polar surface area (TPSA) is 46.5 Å². The molecule has 0 heterocycles. The lowest BCUT2D eigenvalue weighted by molar-refractivity contribution is 0.0848. The van der Waals surface area contributed by atoms with Gasteiger partial charge in [-0.2, -0.15) is 0 Å². The van der Waals surface area contributed by atoms with Gasteiger partial charge in [-0.25, -0.2) is 0 Å². The van der Waals surface area contributed by atoms with E-state index in [9.17, 15) is 4.79 Å². The smallest absolute Gasteiger partial charge is 0.188 e. The molecule has 0 amide bonds. The third kappa shape index (κ3) is 2.54. The van der Waals surface area contributed by atoms with Gasteiger partial charge in [0.05, 0.1) is 6.61 Å². The fraction of sp³-hybridized carbons (Fsp3) is 0.300. The van der Waals surface area contributed by atoms with Gasteiger partial charge >= 0.3 is 0 Å². The minimum absolute atomic E-state index is 0.0342. The summed E-state index contributed by atoms with van der Waals surface area (Å²) in [7, 11) is 1.46. The van der Waals surface area contributed by atoms with E-state index < -0.39 is 0 Å². The van der Waals surface area contributed by atoms with Gasteiger partial charge in [0, 0.05) is 17.7 Å². The first kappa shape index (κ1) is 11.2. The highest BCUT2D eigenvalue weighted by Gasteiger charge is 2.07. The van der Waals surface area contributed by atoms with Crippen LogP contribution in [0.4, 0.5) is 0 Å². The summed E-state index contributed by atoms with van der Waals surface area (Å²) in [6.07, 6.45) is 0. The molecule has 0 bridgehead atoms. The van der Waals surface area contributed by atoms with Crippen molar-refractivity contribution in [2.24, 2.45) is 0 Å². The van der Waals surface area contributed by atoms with Gasteiger partial charge in [0.15, 0.2) is 5.78 Å². The van der Waals surface area contributed by atoms with Crippen LogP contribution in [0.25, 0.3) is 0 Å². The summed E-state index contributed by atoms with van der Waals surface area (Å²) in [5.74, 6) is -0.126. The van der Waals surface area contributed by atoms with E-state index in [2.05, 4.69) is 0 Å². The van der Waals surface area contributed by atoms with Crippen molar-refractivity contribution in [3.05, 3.63) is 34.3 Å². The molecule has 1 N–H and O–H groups in total. The average Bonchev–Trinajstić information content (AvgIpc) is 2.19. The van der Waals surface area contributed by atoms with Crippen LogP contribution in [-0.2, 0) is 11.3 Å². The van der Waals surface area contributed by atoms with Gasteiger partial charge in [-0.05, 0) is 23.8 Å². The molecule has 14 heavy (non-hydrogen) atoms. The molecule has 0 spiro atoms. The maximum Gasteiger partial charge on any atom is 0.188 e. The van der Waals surface area contributed by atoms with Crippen molar-refractivity contribution in [2.75, 3.05) is 13.7 Å². The number of methoxy groups -OCH3 is 1. The molecule has 3 nitrogen and oxygen atoms in total. The molecule has 0 atom stereocenters. The van der Waals surface area contributed by atoms with Gasteiger partial charge in [-0.1, -0.05) is 11.6 Å². The molecule has 76 valence electrons. The second-order valence-corrected chi connectivity index (χ2v) is 3.23. The Morgan fingerprint density at radius 1 is 1.57 bits per heavy atom. The van der Waals surface area contributed by atoms with Crippen LogP contribution in [0.3, 0.4) is 0 Å². The second-order valence-electron chi connectivity index (χ2n) is 2.82. The number of ketones is 1. The summed E-state index contributed by atoms with van der Waals surface area (Å²) in [6, 6.07) is 4.78. The summed E-state index contributed by atoms with van der Waals surface area (Å²) in [6.45, 7) is -0.139. The molecule has 0 aliphatic carbocycles. The maximum absolute atomic E-state index is 11.4. The molecule has 0 saturated heterocycles. The van der Waals surface area contributed by atoms with Crippen LogP contribution in [0.2, 0.25) is 5.02 Å². The molecule has 4 heteroatoms. The third-order valence-electron chi connectivity index (χ3n) is 1.81. The van der Waals surface area contributed by atoms with E-state index in [1.54, 1.807) is 18.2 Å². The van der Waals surface area contributed by atoms with Crippen molar-refractivity contribution < 1.29 is 14.6 Å². The Morgan fingerprint density at radius 3 is 2.86 bits per heavy atom. The Kier molecular flexibility index (Phi) is 4.07. The van der Waals surface area contributed by atoms with E-state index in [4.69, 9.17) is 21.4 Å². The normalized spacial score (nSPS) is 10.2. The van der Waals surface area contributed by atoms with Crippen LogP contribution >= 0.6 is 11.6 Å². The number of rotatable bonds is 4. The number of hydrogen-bond donors (Lipinski definition) is 1. The van der Waals surface area contributed by atoms with E-state index >= 15 is 0 Å². The standard InChI is InChI=1S/C10H11ClO3/c1-14-6-10(13)7-2-3-9(11)8(4-7)5-12/h2-4,12H,5-6H2,1H3. The van der Waals surface area contributed by atoms with Crippen LogP contribution < -0.4 is 0 Å². The zero-order valence-electron chi connectivity index (χ0n) is 7.79. The number of benzene rings is 1. The maximum atomic E-state index is 11.4. The van der Waals surface area contributed by atoms with Gasteiger partial charge in [0.2, 0.25) is 0 Å². The summed E-state index contributed by atoms with van der Waals surface area (Å²) >= 11 is 5.78. The van der Waals surface area contributed by atoms with Crippen LogP contribution in [0, 0.1) is 0 Å². The highest BCUT2D eigenvalue weighted by molar-refractivity contribution is 6.31. The van der Waals surface area contributed by atoms with E-state index in [-0.39, 0.29) is 19.0 Å². The zero-order valence-corrected chi connectivity index (χ0v) is 8.54. The Bertz CT molecular complexity index is 336. The molecular weight excluding hydrogens is 204 g/mol. The third-order valence-corrected chi connectivity index (χ3v) is 2.18. The van der Waals surface area contributed by atoms with Gasteiger partial charge in [-0.3, -0.25) is 4.79 Å². The van der Waals surface area contributed by atoms with Crippen LogP contribution in [0.15, 0.2) is 18.2 Å². The fourth-order valence-electron chi connectivity index (χ4n) is 1.08. The minimum Gasteiger partial charge on any atom is -0.392 e. The monoisotopic (exact) mass is 214 g/mol. The molecule has 0 fully saturated rings. The highest BCUT2D eigenvalue weighted by Crippen LogP contribution is 2.17. The number of halogens is 1. The summed E-state index contributed by atoms with van der Waals surface area (Å²) in [4.78, 5) is 11.4. The number of aliphatic hydroxyl groups is 1. The Labute approximate surface area is 87.3 Å². The largest absolute Gasteiger partial charge is 0.392 e. The lowest BCUT2D eigenvalue weighted by Crippen LogP contribution is -2.07. The lowest BCUT2D eigenvalue weighted by Gasteiger charge is -2.04. The predicted octanol–water partition coefficient (Wildman–Crippen LogP) is 1.66. The van der Waals surface area contributed by atoms with Crippen molar-refractivity contribution in [1.82, 2.24) is 0 Å². The van der Waals surface area contributed by atoms with Gasteiger partial charge in [0.1, 0.15) is 6.61 Å². The zero-order chi connectivity index (χ0) is 10.6. The Hall–Kier alpha value is -0.900. The number of Topliss-reactive ketones (excluding diaryl/α,β-unsaturated/α-hetero) is 1. The Morgan fingerprint density at radius 2 is 2.29 bits per heavy atom. The number of aliphatic hydroxyl groups excluding tert-OH is 1. The number of ether oxygens (including phenoxy) is 1. The van der Waals surface area contributed by atoms with E-state index in [0.29, 0.717) is 16.1 Å². The van der Waals surface area contributed by atoms with Crippen LogP contribution in [0.1, 0.15) is 15.9 Å². The van der Waals surface area contributed by atoms with E-state index in [0.717, 1.165) is 0 Å². The first-order chi connectivity index (χ1) is 6.69.